The van der Waals surface area contributed by atoms with Crippen LogP contribution in [0.1, 0.15) is 62.5 Å². The lowest BCUT2D eigenvalue weighted by Crippen LogP contribution is -2.49. The van der Waals surface area contributed by atoms with Crippen LogP contribution in [0.15, 0.2) is 46.3 Å². The second-order valence-corrected chi connectivity index (χ2v) is 13.7. The van der Waals surface area contributed by atoms with Gasteiger partial charge in [0.1, 0.15) is 6.10 Å². The average molecular weight is 638 g/mol. The van der Waals surface area contributed by atoms with E-state index in [1.54, 1.807) is 6.92 Å². The number of aromatic nitrogens is 1. The number of carboxylic acid groups (broad SMARTS) is 2. The van der Waals surface area contributed by atoms with Gasteiger partial charge >= 0.3 is 11.9 Å². The monoisotopic (exact) mass is 637 g/mol. The van der Waals surface area contributed by atoms with Crippen LogP contribution in [0, 0.1) is 18.8 Å². The highest BCUT2D eigenvalue weighted by Crippen LogP contribution is 2.39. The molecule has 45 heavy (non-hydrogen) atoms. The lowest BCUT2D eigenvalue weighted by atomic mass is 9.91. The SMILES string of the molecule is C=CC1=C(C)[C@@H]([C@H](O)C2N/C(=C\c3[nH]c(/C=C4\NC(=O)[C@H](C)[C@H]4[C@H]4C[SH+]4)c(C)c3CCC(=O)O)C(CCC(=O)O)=C2C)NC1=O. The van der Waals surface area contributed by atoms with E-state index in [1.165, 1.54) is 17.8 Å². The maximum Gasteiger partial charge on any atom is 0.303 e. The molecule has 1 unspecified atom stereocenters. The Hall–Kier alpha value is -4.03. The van der Waals surface area contributed by atoms with Gasteiger partial charge in [-0.15, -0.1) is 0 Å². The van der Waals surface area contributed by atoms with Crippen LogP contribution in [0.2, 0.25) is 0 Å². The number of hydrogen-bond donors (Lipinski definition) is 7. The third kappa shape index (κ3) is 6.39. The number of hydrogen-bond acceptors (Lipinski definition) is 6. The van der Waals surface area contributed by atoms with Gasteiger partial charge in [-0.3, -0.25) is 19.2 Å². The molecule has 12 heteroatoms. The number of carboxylic acids is 2. The molecule has 4 aliphatic rings. The van der Waals surface area contributed by atoms with Crippen LogP contribution in [-0.4, -0.2) is 73.2 Å². The molecule has 0 saturated carbocycles. The molecule has 11 nitrogen and oxygen atoms in total. The van der Waals surface area contributed by atoms with Gasteiger partial charge in [-0.05, 0) is 85.4 Å². The minimum Gasteiger partial charge on any atom is -0.481 e. The van der Waals surface area contributed by atoms with E-state index in [0.29, 0.717) is 27.8 Å². The molecule has 2 saturated heterocycles. The first kappa shape index (κ1) is 32.4. The molecule has 6 atom stereocenters. The molecule has 1 aromatic rings. The fourth-order valence-electron chi connectivity index (χ4n) is 6.79. The zero-order chi connectivity index (χ0) is 32.7. The summed E-state index contributed by atoms with van der Waals surface area (Å²) in [5.41, 5.74) is 7.15. The van der Waals surface area contributed by atoms with Crippen molar-refractivity contribution in [2.24, 2.45) is 11.8 Å². The van der Waals surface area contributed by atoms with Crippen LogP contribution in [0.3, 0.4) is 0 Å². The zero-order valence-electron chi connectivity index (χ0n) is 25.9. The van der Waals surface area contributed by atoms with Crippen molar-refractivity contribution >= 4 is 47.7 Å². The fourth-order valence-corrected chi connectivity index (χ4v) is 7.79. The Morgan fingerprint density at radius 2 is 1.64 bits per heavy atom. The first-order valence-corrected chi connectivity index (χ1v) is 16.3. The van der Waals surface area contributed by atoms with E-state index in [1.807, 2.05) is 32.9 Å². The zero-order valence-corrected chi connectivity index (χ0v) is 26.8. The van der Waals surface area contributed by atoms with Gasteiger partial charge in [-0.25, -0.2) is 0 Å². The van der Waals surface area contributed by atoms with Crippen LogP contribution in [0.25, 0.3) is 12.2 Å². The van der Waals surface area contributed by atoms with Crippen molar-refractivity contribution in [3.63, 3.8) is 0 Å². The van der Waals surface area contributed by atoms with Crippen LogP contribution < -0.4 is 16.0 Å². The minimum atomic E-state index is -1.05. The normalized spacial score (nSPS) is 28.5. The first-order valence-electron chi connectivity index (χ1n) is 15.2. The second-order valence-electron chi connectivity index (χ2n) is 12.3. The summed E-state index contributed by atoms with van der Waals surface area (Å²) in [5, 5.41) is 40.1. The van der Waals surface area contributed by atoms with Crippen molar-refractivity contribution in [1.82, 2.24) is 20.9 Å². The summed E-state index contributed by atoms with van der Waals surface area (Å²) < 4.78 is 0. The number of carbonyl (C=O) groups excluding carboxylic acids is 2. The van der Waals surface area contributed by atoms with Crippen LogP contribution in [0.5, 0.6) is 0 Å². The minimum absolute atomic E-state index is 0.00168. The number of thiol groups is 1. The summed E-state index contributed by atoms with van der Waals surface area (Å²) in [5.74, 6) is -1.16. The first-order chi connectivity index (χ1) is 21.3. The Labute approximate surface area is 266 Å². The number of amides is 2. The summed E-state index contributed by atoms with van der Waals surface area (Å²) in [6.07, 6.45) is 4.47. The fraction of sp³-hybridized carbons (Fsp3) is 0.455. The molecule has 5 heterocycles. The molecular formula is C33H41N4O7S+. The molecule has 0 spiro atoms. The van der Waals surface area contributed by atoms with Crippen LogP contribution in [0.4, 0.5) is 0 Å². The predicted octanol–water partition coefficient (Wildman–Crippen LogP) is 2.12. The van der Waals surface area contributed by atoms with Crippen LogP contribution in [-0.2, 0) is 37.4 Å². The number of aliphatic carboxylic acids is 2. The number of aliphatic hydroxyl groups is 1. The molecule has 4 aliphatic heterocycles. The smallest absolute Gasteiger partial charge is 0.303 e. The molecule has 7 N–H and O–H groups in total. The van der Waals surface area contributed by atoms with Gasteiger partial charge in [0.05, 0.1) is 18.0 Å². The highest BCUT2D eigenvalue weighted by molar-refractivity contribution is 7.86. The van der Waals surface area contributed by atoms with Gasteiger partial charge in [0.2, 0.25) is 5.91 Å². The Kier molecular flexibility index (Phi) is 9.18. The van der Waals surface area contributed by atoms with E-state index in [-0.39, 0.29) is 49.3 Å². The Balaban J connectivity index is 1.54. The van der Waals surface area contributed by atoms with Crippen molar-refractivity contribution in [3.8, 4) is 0 Å². The Bertz CT molecular complexity index is 1600. The molecule has 2 amide bonds. The number of carbonyl (C=O) groups is 4. The summed E-state index contributed by atoms with van der Waals surface area (Å²) >= 11 is 1.33. The van der Waals surface area contributed by atoms with Gasteiger partial charge < -0.3 is 36.3 Å². The van der Waals surface area contributed by atoms with E-state index < -0.39 is 30.1 Å². The van der Waals surface area contributed by atoms with E-state index >= 15 is 0 Å². The highest BCUT2D eigenvalue weighted by Gasteiger charge is 2.52. The summed E-state index contributed by atoms with van der Waals surface area (Å²) in [6.45, 7) is 11.2. The van der Waals surface area contributed by atoms with Crippen molar-refractivity contribution in [2.45, 2.75) is 76.8 Å². The molecule has 0 radical (unpaired) electrons. The summed E-state index contributed by atoms with van der Waals surface area (Å²) in [4.78, 5) is 51.6. The van der Waals surface area contributed by atoms with Gasteiger partial charge in [0.25, 0.3) is 5.91 Å². The maximum atomic E-state index is 12.6. The summed E-state index contributed by atoms with van der Waals surface area (Å²) in [6, 6.07) is -1.27. The largest absolute Gasteiger partial charge is 0.481 e. The van der Waals surface area contributed by atoms with Gasteiger partial charge in [0.15, 0.2) is 11.0 Å². The lowest BCUT2D eigenvalue weighted by Gasteiger charge is -2.27. The third-order valence-electron chi connectivity index (χ3n) is 9.49. The Morgan fingerprint density at radius 3 is 2.24 bits per heavy atom. The molecule has 0 aliphatic carbocycles. The molecule has 240 valence electrons. The van der Waals surface area contributed by atoms with Crippen LogP contribution >= 0.6 is 0 Å². The number of aliphatic hydroxyl groups excluding tert-OH is 1. The standard InChI is InChI=1S/C33H40N4O7S/c1-6-18-15(3)30(37-33(18)44)31(42)29-16(4)20(8-10-27(40)41)23(35-29)12-22-19(7-9-26(38)39)14(2)21(34-22)11-24-28(25-13-45-25)17(5)32(43)36-24/h6,11-12,17,25,28-31,34-35,42H,1,7-10,13H2,2-5H3,(H,36,43)(H,37,44)(H,38,39)(H,40,41)/p+1/b23-12-,24-11-/t17-,25-,28-,29?,30+,31-/m1/s1. The number of aromatic amines is 1. The topological polar surface area (TPSA) is 181 Å². The quantitative estimate of drug-likeness (QED) is 0.103. The molecule has 0 bridgehead atoms. The van der Waals surface area contributed by atoms with Crippen molar-refractivity contribution < 1.29 is 34.5 Å². The molecule has 2 fully saturated rings. The molecule has 5 rings (SSSR count). The van der Waals surface area contributed by atoms with E-state index in [0.717, 1.165) is 39.4 Å². The number of allylic oxidation sites excluding steroid dienone is 2. The third-order valence-corrected chi connectivity index (χ3v) is 10.6. The highest BCUT2D eigenvalue weighted by atomic mass is 32.2. The number of nitrogens with one attached hydrogen (secondary N) is 4. The van der Waals surface area contributed by atoms with E-state index in [2.05, 4.69) is 27.5 Å². The van der Waals surface area contributed by atoms with Gasteiger partial charge in [0, 0.05) is 47.1 Å². The predicted molar refractivity (Wildman–Crippen MR) is 173 cm³/mol. The van der Waals surface area contributed by atoms with E-state index in [9.17, 15) is 34.5 Å². The molecule has 0 aromatic carbocycles. The van der Waals surface area contributed by atoms with Crippen molar-refractivity contribution in [3.05, 3.63) is 68.9 Å². The molecule has 1 aromatic heterocycles. The average Bonchev–Trinajstić information content (AvgIpc) is 3.53. The van der Waals surface area contributed by atoms with E-state index in [4.69, 9.17) is 0 Å². The van der Waals surface area contributed by atoms with Crippen molar-refractivity contribution in [2.75, 3.05) is 5.75 Å². The van der Waals surface area contributed by atoms with Gasteiger partial charge in [-0.2, -0.15) is 0 Å². The Morgan fingerprint density at radius 1 is 1.00 bits per heavy atom. The lowest BCUT2D eigenvalue weighted by molar-refractivity contribution is -0.138. The van der Waals surface area contributed by atoms with Crippen molar-refractivity contribution in [1.29, 1.82) is 0 Å². The maximum absolute atomic E-state index is 12.6. The summed E-state index contributed by atoms with van der Waals surface area (Å²) in [7, 11) is 0. The second kappa shape index (κ2) is 12.8. The van der Waals surface area contributed by atoms with Gasteiger partial charge in [-0.1, -0.05) is 19.6 Å². The number of H-pyrrole nitrogens is 1. The number of rotatable bonds is 12. The molecular weight excluding hydrogens is 596 g/mol.